The summed E-state index contributed by atoms with van der Waals surface area (Å²) < 4.78 is 5.17. The Morgan fingerprint density at radius 3 is 2.76 bits per heavy atom. The summed E-state index contributed by atoms with van der Waals surface area (Å²) in [6.45, 7) is 6.90. The first-order valence-corrected chi connectivity index (χ1v) is 6.04. The second kappa shape index (κ2) is 5.62. The van der Waals surface area contributed by atoms with E-state index in [1.54, 1.807) is 11.3 Å². The first kappa shape index (κ1) is 14.2. The minimum Gasteiger partial charge on any atom is -0.338 e. The van der Waals surface area contributed by atoms with Crippen LogP contribution in [0.3, 0.4) is 0 Å². The summed E-state index contributed by atoms with van der Waals surface area (Å²) in [6.07, 6.45) is 0. The van der Waals surface area contributed by atoms with Gasteiger partial charge in [-0.25, -0.2) is 0 Å². The maximum absolute atomic E-state index is 5.17. The highest BCUT2D eigenvalue weighted by molar-refractivity contribution is 7.13. The highest BCUT2D eigenvalue weighted by Crippen LogP contribution is 2.21. The summed E-state index contributed by atoms with van der Waals surface area (Å²) in [4.78, 5) is 5.36. The molecule has 0 aliphatic heterocycles. The van der Waals surface area contributed by atoms with Gasteiger partial charge >= 0.3 is 0 Å². The van der Waals surface area contributed by atoms with Gasteiger partial charge in [-0.3, -0.25) is 0 Å². The van der Waals surface area contributed by atoms with E-state index >= 15 is 0 Å². The zero-order valence-corrected chi connectivity index (χ0v) is 11.7. The zero-order chi connectivity index (χ0) is 11.6. The van der Waals surface area contributed by atoms with Crippen molar-refractivity contribution in [2.24, 2.45) is 0 Å². The van der Waals surface area contributed by atoms with Gasteiger partial charge in [-0.05, 0) is 32.2 Å². The molecule has 0 amide bonds. The van der Waals surface area contributed by atoms with Crippen LogP contribution >= 0.6 is 23.7 Å². The van der Waals surface area contributed by atoms with E-state index in [9.17, 15) is 0 Å². The second-order valence-electron chi connectivity index (χ2n) is 4.59. The molecule has 0 aliphatic rings. The van der Waals surface area contributed by atoms with Gasteiger partial charge in [0.05, 0.1) is 11.4 Å². The number of aromatic nitrogens is 2. The van der Waals surface area contributed by atoms with Gasteiger partial charge in [-0.15, -0.1) is 23.7 Å². The van der Waals surface area contributed by atoms with Crippen LogP contribution in [0.4, 0.5) is 0 Å². The van der Waals surface area contributed by atoms with E-state index in [-0.39, 0.29) is 17.9 Å². The van der Waals surface area contributed by atoms with Crippen molar-refractivity contribution in [1.82, 2.24) is 15.5 Å². The molecule has 6 heteroatoms. The van der Waals surface area contributed by atoms with E-state index in [4.69, 9.17) is 4.52 Å². The predicted molar refractivity (Wildman–Crippen MR) is 71.5 cm³/mol. The topological polar surface area (TPSA) is 51.0 Å². The molecule has 0 aliphatic carbocycles. The first-order valence-electron chi connectivity index (χ1n) is 5.16. The van der Waals surface area contributed by atoms with Gasteiger partial charge in [0.2, 0.25) is 11.7 Å². The summed E-state index contributed by atoms with van der Waals surface area (Å²) >= 11 is 1.61. The Kier molecular flexibility index (Phi) is 4.68. The molecule has 2 rings (SSSR count). The SMILES string of the molecule is CC(C)(C)NCc1nc(-c2cccs2)no1.Cl. The molecular weight excluding hydrogens is 258 g/mol. The van der Waals surface area contributed by atoms with Crippen LogP contribution in [-0.4, -0.2) is 15.7 Å². The van der Waals surface area contributed by atoms with E-state index in [0.29, 0.717) is 18.3 Å². The van der Waals surface area contributed by atoms with Crippen LogP contribution in [0.15, 0.2) is 22.0 Å². The smallest absolute Gasteiger partial charge is 0.240 e. The Morgan fingerprint density at radius 1 is 1.41 bits per heavy atom. The van der Waals surface area contributed by atoms with Crippen LogP contribution in [0.1, 0.15) is 26.7 Å². The van der Waals surface area contributed by atoms with Crippen molar-refractivity contribution in [3.05, 3.63) is 23.4 Å². The maximum atomic E-state index is 5.17. The average molecular weight is 274 g/mol. The van der Waals surface area contributed by atoms with E-state index in [1.165, 1.54) is 0 Å². The number of halogens is 1. The molecule has 0 saturated heterocycles. The van der Waals surface area contributed by atoms with Crippen molar-refractivity contribution in [3.63, 3.8) is 0 Å². The van der Waals surface area contributed by atoms with Crippen LogP contribution < -0.4 is 5.32 Å². The second-order valence-corrected chi connectivity index (χ2v) is 5.54. The molecule has 0 spiro atoms. The molecule has 0 radical (unpaired) electrons. The van der Waals surface area contributed by atoms with Crippen molar-refractivity contribution in [3.8, 4) is 10.7 Å². The number of hydrogen-bond donors (Lipinski definition) is 1. The van der Waals surface area contributed by atoms with Crippen molar-refractivity contribution in [1.29, 1.82) is 0 Å². The molecule has 0 saturated carbocycles. The summed E-state index contributed by atoms with van der Waals surface area (Å²) in [5.41, 5.74) is 0.0531. The lowest BCUT2D eigenvalue weighted by Crippen LogP contribution is -2.35. The molecule has 4 nitrogen and oxygen atoms in total. The highest BCUT2D eigenvalue weighted by Gasteiger charge is 2.13. The molecule has 1 N–H and O–H groups in total. The lowest BCUT2D eigenvalue weighted by Gasteiger charge is -2.18. The van der Waals surface area contributed by atoms with Gasteiger partial charge in [0.15, 0.2) is 0 Å². The highest BCUT2D eigenvalue weighted by atomic mass is 35.5. The standard InChI is InChI=1S/C11H15N3OS.ClH/c1-11(2,3)12-7-9-13-10(14-15-9)8-5-4-6-16-8;/h4-6,12H,7H2,1-3H3;1H. The Balaban J connectivity index is 0.00000144. The lowest BCUT2D eigenvalue weighted by atomic mass is 10.1. The van der Waals surface area contributed by atoms with Crippen molar-refractivity contribution in [2.75, 3.05) is 0 Å². The number of rotatable bonds is 3. The van der Waals surface area contributed by atoms with E-state index in [1.807, 2.05) is 17.5 Å². The molecule has 0 unspecified atom stereocenters. The quantitative estimate of drug-likeness (QED) is 0.934. The van der Waals surface area contributed by atoms with Gasteiger partial charge in [0.25, 0.3) is 0 Å². The molecule has 2 aromatic heterocycles. The van der Waals surface area contributed by atoms with Gasteiger partial charge < -0.3 is 9.84 Å². The molecule has 0 atom stereocenters. The van der Waals surface area contributed by atoms with Crippen LogP contribution in [0.25, 0.3) is 10.7 Å². The monoisotopic (exact) mass is 273 g/mol. The predicted octanol–water partition coefficient (Wildman–Crippen LogP) is 3.11. The number of hydrogen-bond acceptors (Lipinski definition) is 5. The Morgan fingerprint density at radius 2 is 2.18 bits per heavy atom. The first-order chi connectivity index (χ1) is 7.54. The van der Waals surface area contributed by atoms with Crippen LogP contribution in [-0.2, 0) is 6.54 Å². The van der Waals surface area contributed by atoms with E-state index in [2.05, 4.69) is 36.2 Å². The maximum Gasteiger partial charge on any atom is 0.240 e. The Bertz CT molecular complexity index is 447. The number of thiophene rings is 1. The normalized spacial score (nSPS) is 11.2. The van der Waals surface area contributed by atoms with Crippen molar-refractivity contribution >= 4 is 23.7 Å². The van der Waals surface area contributed by atoms with Crippen LogP contribution in [0.2, 0.25) is 0 Å². The molecule has 94 valence electrons. The molecule has 2 aromatic rings. The minimum absolute atomic E-state index is 0. The fraction of sp³-hybridized carbons (Fsp3) is 0.455. The number of nitrogens with one attached hydrogen (secondary N) is 1. The van der Waals surface area contributed by atoms with Crippen LogP contribution in [0.5, 0.6) is 0 Å². The van der Waals surface area contributed by atoms with E-state index in [0.717, 1.165) is 4.88 Å². The van der Waals surface area contributed by atoms with Gasteiger partial charge in [-0.1, -0.05) is 11.2 Å². The fourth-order valence-corrected chi connectivity index (χ4v) is 1.82. The van der Waals surface area contributed by atoms with Crippen molar-refractivity contribution in [2.45, 2.75) is 32.9 Å². The van der Waals surface area contributed by atoms with Gasteiger partial charge in [-0.2, -0.15) is 4.98 Å². The zero-order valence-electron chi connectivity index (χ0n) is 10.1. The third-order valence-corrected chi connectivity index (χ3v) is 2.85. The molecular formula is C11H16ClN3OS. The molecule has 2 heterocycles. The van der Waals surface area contributed by atoms with Crippen LogP contribution in [0, 0.1) is 0 Å². The molecule has 0 fully saturated rings. The third-order valence-electron chi connectivity index (χ3n) is 1.98. The molecule has 0 aromatic carbocycles. The Labute approximate surface area is 111 Å². The fourth-order valence-electron chi connectivity index (χ4n) is 1.17. The Hall–Kier alpha value is -0.910. The van der Waals surface area contributed by atoms with Gasteiger partial charge in [0, 0.05) is 5.54 Å². The van der Waals surface area contributed by atoms with Crippen molar-refractivity contribution < 1.29 is 4.52 Å². The summed E-state index contributed by atoms with van der Waals surface area (Å²) in [7, 11) is 0. The third kappa shape index (κ3) is 4.11. The number of nitrogens with zero attached hydrogens (tertiary/aromatic N) is 2. The average Bonchev–Trinajstić information content (AvgIpc) is 2.84. The molecule has 0 bridgehead atoms. The summed E-state index contributed by atoms with van der Waals surface area (Å²) in [5, 5.41) is 9.25. The van der Waals surface area contributed by atoms with Gasteiger partial charge in [0.1, 0.15) is 0 Å². The van der Waals surface area contributed by atoms with E-state index < -0.39 is 0 Å². The molecule has 17 heavy (non-hydrogen) atoms. The minimum atomic E-state index is 0. The summed E-state index contributed by atoms with van der Waals surface area (Å²) in [6, 6.07) is 3.96. The lowest BCUT2D eigenvalue weighted by molar-refractivity contribution is 0.336. The summed E-state index contributed by atoms with van der Waals surface area (Å²) in [5.74, 6) is 1.29. The largest absolute Gasteiger partial charge is 0.338 e.